The fourth-order valence-electron chi connectivity index (χ4n) is 3.59. The van der Waals surface area contributed by atoms with Gasteiger partial charge in [0.05, 0.1) is 11.2 Å². The van der Waals surface area contributed by atoms with Crippen LogP contribution in [0.15, 0.2) is 60.8 Å². The molecular formula is C23H24N4O2. The van der Waals surface area contributed by atoms with Gasteiger partial charge in [-0.15, -0.1) is 0 Å². The summed E-state index contributed by atoms with van der Waals surface area (Å²) in [5.74, 6) is -0.657. The average molecular weight is 388 g/mol. The summed E-state index contributed by atoms with van der Waals surface area (Å²) >= 11 is 0. The van der Waals surface area contributed by atoms with Crippen LogP contribution in [0.3, 0.4) is 0 Å². The van der Waals surface area contributed by atoms with Crippen LogP contribution >= 0.6 is 0 Å². The number of carbonyl (C=O) groups excluding carboxylic acids is 2. The second-order valence-electron chi connectivity index (χ2n) is 7.51. The molecule has 2 aromatic carbocycles. The quantitative estimate of drug-likeness (QED) is 0.664. The number of nitrogens with one attached hydrogen (secondary N) is 2. The SMILES string of the molecule is CC1CCN(c2ccc(NC(=O)C(=O)Nc3cccc4cccnc34)cc2)CC1. The molecule has 0 atom stereocenters. The molecule has 0 bridgehead atoms. The number of carbonyl (C=O) groups is 2. The molecular weight excluding hydrogens is 364 g/mol. The van der Waals surface area contributed by atoms with Gasteiger partial charge >= 0.3 is 11.8 Å². The number of anilines is 3. The molecule has 6 nitrogen and oxygen atoms in total. The highest BCUT2D eigenvalue weighted by molar-refractivity contribution is 6.44. The highest BCUT2D eigenvalue weighted by Crippen LogP contribution is 2.24. The van der Waals surface area contributed by atoms with Gasteiger partial charge in [0.15, 0.2) is 0 Å². The molecule has 0 spiro atoms. The molecule has 4 rings (SSSR count). The number of rotatable bonds is 3. The Balaban J connectivity index is 1.39. The van der Waals surface area contributed by atoms with Gasteiger partial charge in [0.1, 0.15) is 0 Å². The Morgan fingerprint density at radius 2 is 1.62 bits per heavy atom. The Morgan fingerprint density at radius 1 is 0.931 bits per heavy atom. The summed E-state index contributed by atoms with van der Waals surface area (Å²) in [4.78, 5) is 31.3. The Kier molecular flexibility index (Phi) is 5.42. The molecule has 29 heavy (non-hydrogen) atoms. The zero-order chi connectivity index (χ0) is 20.2. The van der Waals surface area contributed by atoms with Gasteiger partial charge in [0, 0.05) is 36.0 Å². The Hall–Kier alpha value is -3.41. The van der Waals surface area contributed by atoms with E-state index in [0.717, 1.165) is 30.1 Å². The number of benzene rings is 2. The monoisotopic (exact) mass is 388 g/mol. The first kappa shape index (κ1) is 18.9. The van der Waals surface area contributed by atoms with E-state index in [2.05, 4.69) is 27.4 Å². The second kappa shape index (κ2) is 8.31. The number of para-hydroxylation sites is 1. The van der Waals surface area contributed by atoms with E-state index in [1.165, 1.54) is 12.8 Å². The van der Waals surface area contributed by atoms with Crippen molar-refractivity contribution in [1.82, 2.24) is 4.98 Å². The van der Waals surface area contributed by atoms with Crippen molar-refractivity contribution in [3.05, 3.63) is 60.8 Å². The van der Waals surface area contributed by atoms with Crippen LogP contribution in [0.1, 0.15) is 19.8 Å². The van der Waals surface area contributed by atoms with Crippen molar-refractivity contribution in [2.45, 2.75) is 19.8 Å². The number of aromatic nitrogens is 1. The lowest BCUT2D eigenvalue weighted by Gasteiger charge is -2.32. The number of hydrogen-bond donors (Lipinski definition) is 2. The van der Waals surface area contributed by atoms with E-state index in [0.29, 0.717) is 16.9 Å². The summed E-state index contributed by atoms with van der Waals surface area (Å²) in [6.45, 7) is 4.39. The molecule has 0 aliphatic carbocycles. The van der Waals surface area contributed by atoms with Crippen LogP contribution in [0.2, 0.25) is 0 Å². The third kappa shape index (κ3) is 4.37. The van der Waals surface area contributed by atoms with Gasteiger partial charge < -0.3 is 15.5 Å². The maximum atomic E-state index is 12.3. The van der Waals surface area contributed by atoms with Crippen LogP contribution in [0, 0.1) is 5.92 Å². The first-order chi connectivity index (χ1) is 14.1. The molecule has 2 N–H and O–H groups in total. The third-order valence-corrected chi connectivity index (χ3v) is 5.36. The molecule has 1 aromatic heterocycles. The Labute approximate surface area is 169 Å². The van der Waals surface area contributed by atoms with E-state index in [4.69, 9.17) is 0 Å². The molecule has 148 valence electrons. The number of amides is 2. The molecule has 0 unspecified atom stereocenters. The summed E-state index contributed by atoms with van der Waals surface area (Å²) in [7, 11) is 0. The van der Waals surface area contributed by atoms with Crippen LogP contribution in [-0.4, -0.2) is 29.9 Å². The highest BCUT2D eigenvalue weighted by Gasteiger charge is 2.17. The van der Waals surface area contributed by atoms with Crippen LogP contribution < -0.4 is 15.5 Å². The predicted octanol–water partition coefficient (Wildman–Crippen LogP) is 4.05. The van der Waals surface area contributed by atoms with Crippen molar-refractivity contribution in [2.75, 3.05) is 28.6 Å². The summed E-state index contributed by atoms with van der Waals surface area (Å²) in [6.07, 6.45) is 4.05. The lowest BCUT2D eigenvalue weighted by molar-refractivity contribution is -0.132. The molecule has 1 aliphatic rings. The minimum Gasteiger partial charge on any atom is -0.372 e. The summed E-state index contributed by atoms with van der Waals surface area (Å²) in [5, 5.41) is 6.20. The fourth-order valence-corrected chi connectivity index (χ4v) is 3.59. The number of nitrogens with zero attached hydrogens (tertiary/aromatic N) is 2. The van der Waals surface area contributed by atoms with Crippen LogP contribution in [0.4, 0.5) is 17.1 Å². The van der Waals surface area contributed by atoms with Crippen LogP contribution in [-0.2, 0) is 9.59 Å². The van der Waals surface area contributed by atoms with Crippen LogP contribution in [0.25, 0.3) is 10.9 Å². The standard InChI is InChI=1S/C23H24N4O2/c1-16-11-14-27(15-12-16)19-9-7-18(8-10-19)25-22(28)23(29)26-20-6-2-4-17-5-3-13-24-21(17)20/h2-10,13,16H,11-12,14-15H2,1H3,(H,25,28)(H,26,29). The zero-order valence-electron chi connectivity index (χ0n) is 16.4. The molecule has 1 saturated heterocycles. The van der Waals surface area contributed by atoms with Crippen molar-refractivity contribution in [3.8, 4) is 0 Å². The summed E-state index contributed by atoms with van der Waals surface area (Å²) < 4.78 is 0. The van der Waals surface area contributed by atoms with Crippen molar-refractivity contribution in [2.24, 2.45) is 5.92 Å². The number of fused-ring (bicyclic) bond motifs is 1. The molecule has 0 radical (unpaired) electrons. The zero-order valence-corrected chi connectivity index (χ0v) is 16.4. The van der Waals surface area contributed by atoms with Crippen molar-refractivity contribution >= 4 is 39.8 Å². The topological polar surface area (TPSA) is 74.3 Å². The van der Waals surface area contributed by atoms with Gasteiger partial charge in [-0.05, 0) is 55.2 Å². The van der Waals surface area contributed by atoms with E-state index in [1.807, 2.05) is 48.5 Å². The molecule has 6 heteroatoms. The number of hydrogen-bond acceptors (Lipinski definition) is 4. The number of piperidine rings is 1. The largest absolute Gasteiger partial charge is 0.372 e. The Bertz CT molecular complexity index is 1020. The van der Waals surface area contributed by atoms with Crippen molar-refractivity contribution in [3.63, 3.8) is 0 Å². The summed E-state index contributed by atoms with van der Waals surface area (Å²) in [5.41, 5.74) is 2.89. The smallest absolute Gasteiger partial charge is 0.314 e. The minimum atomic E-state index is -0.725. The highest BCUT2D eigenvalue weighted by atomic mass is 16.2. The van der Waals surface area contributed by atoms with Gasteiger partial charge in [-0.2, -0.15) is 0 Å². The molecule has 1 aliphatic heterocycles. The van der Waals surface area contributed by atoms with E-state index in [9.17, 15) is 9.59 Å². The molecule has 2 heterocycles. The lowest BCUT2D eigenvalue weighted by atomic mass is 9.99. The van der Waals surface area contributed by atoms with Gasteiger partial charge in [0.2, 0.25) is 0 Å². The maximum Gasteiger partial charge on any atom is 0.314 e. The maximum absolute atomic E-state index is 12.3. The first-order valence-corrected chi connectivity index (χ1v) is 9.91. The van der Waals surface area contributed by atoms with E-state index in [1.54, 1.807) is 12.3 Å². The van der Waals surface area contributed by atoms with E-state index >= 15 is 0 Å². The predicted molar refractivity (Wildman–Crippen MR) is 116 cm³/mol. The van der Waals surface area contributed by atoms with Gasteiger partial charge in [-0.3, -0.25) is 14.6 Å². The molecule has 2 amide bonds. The molecule has 1 fully saturated rings. The van der Waals surface area contributed by atoms with Crippen molar-refractivity contribution < 1.29 is 9.59 Å². The second-order valence-corrected chi connectivity index (χ2v) is 7.51. The van der Waals surface area contributed by atoms with Gasteiger partial charge in [-0.1, -0.05) is 25.1 Å². The molecule has 3 aromatic rings. The molecule has 0 saturated carbocycles. The fraction of sp³-hybridized carbons (Fsp3) is 0.261. The van der Waals surface area contributed by atoms with Gasteiger partial charge in [-0.25, -0.2) is 0 Å². The Morgan fingerprint density at radius 3 is 2.38 bits per heavy atom. The number of pyridine rings is 1. The normalized spacial score (nSPS) is 14.6. The lowest BCUT2D eigenvalue weighted by Crippen LogP contribution is -2.32. The first-order valence-electron chi connectivity index (χ1n) is 9.91. The minimum absolute atomic E-state index is 0.512. The van der Waals surface area contributed by atoms with E-state index < -0.39 is 11.8 Å². The third-order valence-electron chi connectivity index (χ3n) is 5.36. The average Bonchev–Trinajstić information content (AvgIpc) is 2.75. The van der Waals surface area contributed by atoms with Crippen molar-refractivity contribution in [1.29, 1.82) is 0 Å². The van der Waals surface area contributed by atoms with Crippen LogP contribution in [0.5, 0.6) is 0 Å². The van der Waals surface area contributed by atoms with E-state index in [-0.39, 0.29) is 0 Å². The summed E-state index contributed by atoms with van der Waals surface area (Å²) in [6, 6.07) is 16.8. The van der Waals surface area contributed by atoms with Gasteiger partial charge in [0.25, 0.3) is 0 Å².